The lowest BCUT2D eigenvalue weighted by Crippen LogP contribution is -2.06. The summed E-state index contributed by atoms with van der Waals surface area (Å²) in [6.45, 7) is 1.31. The first-order chi connectivity index (χ1) is 10.2. The van der Waals surface area contributed by atoms with Crippen LogP contribution in [-0.2, 0) is 4.74 Å². The highest BCUT2D eigenvalue weighted by Crippen LogP contribution is 2.33. The second-order valence-electron chi connectivity index (χ2n) is 5.08. The first-order valence-corrected chi connectivity index (χ1v) is 6.76. The van der Waals surface area contributed by atoms with Gasteiger partial charge in [-0.15, -0.1) is 0 Å². The zero-order valence-electron chi connectivity index (χ0n) is 11.4. The average molecular weight is 281 g/mol. The van der Waals surface area contributed by atoms with Gasteiger partial charge in [-0.2, -0.15) is 5.26 Å². The lowest BCUT2D eigenvalue weighted by atomic mass is 9.93. The van der Waals surface area contributed by atoms with Gasteiger partial charge in [0.15, 0.2) is 0 Å². The fourth-order valence-corrected chi connectivity index (χ4v) is 2.59. The highest BCUT2D eigenvalue weighted by Gasteiger charge is 2.23. The van der Waals surface area contributed by atoms with Gasteiger partial charge in [-0.25, -0.2) is 4.98 Å². The standard InChI is InChI=1S/C16H15N3O2/c17-8-14-13(11-5-6-21-9-11)7-15(19-16(14)18)10-1-3-12(20)4-2-10/h1-4,7,11,20H,5-6,9H2,(H2,18,19)/t11-/m0/s1. The number of phenols is 1. The number of nitrogens with zero attached hydrogens (tertiary/aromatic N) is 2. The van der Waals surface area contributed by atoms with Crippen molar-refractivity contribution in [1.29, 1.82) is 5.26 Å². The molecular formula is C16H15N3O2. The normalized spacial score (nSPS) is 17.6. The molecular weight excluding hydrogens is 266 g/mol. The topological polar surface area (TPSA) is 92.2 Å². The predicted molar refractivity (Wildman–Crippen MR) is 78.6 cm³/mol. The van der Waals surface area contributed by atoms with Crippen LogP contribution in [0.1, 0.15) is 23.5 Å². The Morgan fingerprint density at radius 3 is 2.71 bits per heavy atom. The Morgan fingerprint density at radius 2 is 2.10 bits per heavy atom. The molecule has 3 rings (SSSR count). The van der Waals surface area contributed by atoms with E-state index in [1.54, 1.807) is 24.3 Å². The van der Waals surface area contributed by atoms with Gasteiger partial charge in [0, 0.05) is 18.1 Å². The van der Waals surface area contributed by atoms with Gasteiger partial charge in [0.1, 0.15) is 17.6 Å². The van der Waals surface area contributed by atoms with Crippen LogP contribution in [0.2, 0.25) is 0 Å². The summed E-state index contributed by atoms with van der Waals surface area (Å²) >= 11 is 0. The Kier molecular flexibility index (Phi) is 3.46. The van der Waals surface area contributed by atoms with Crippen molar-refractivity contribution >= 4 is 5.82 Å². The number of pyridine rings is 1. The zero-order valence-corrected chi connectivity index (χ0v) is 11.4. The smallest absolute Gasteiger partial charge is 0.142 e. The van der Waals surface area contributed by atoms with Crippen LogP contribution in [0.25, 0.3) is 11.3 Å². The largest absolute Gasteiger partial charge is 0.508 e. The molecule has 0 amide bonds. The number of ether oxygens (including phenoxy) is 1. The van der Waals surface area contributed by atoms with Gasteiger partial charge in [0.25, 0.3) is 0 Å². The summed E-state index contributed by atoms with van der Waals surface area (Å²) in [5, 5.41) is 18.7. The van der Waals surface area contributed by atoms with Gasteiger partial charge in [-0.1, -0.05) is 0 Å². The molecule has 0 bridgehead atoms. The molecule has 1 atom stereocenters. The van der Waals surface area contributed by atoms with Crippen LogP contribution in [-0.4, -0.2) is 23.3 Å². The number of hydrogen-bond donors (Lipinski definition) is 2. The summed E-state index contributed by atoms with van der Waals surface area (Å²) in [5.74, 6) is 0.621. The Hall–Kier alpha value is -2.58. The van der Waals surface area contributed by atoms with Crippen molar-refractivity contribution in [2.75, 3.05) is 18.9 Å². The molecule has 5 heteroatoms. The molecule has 1 aliphatic rings. The van der Waals surface area contributed by atoms with Gasteiger partial charge < -0.3 is 15.6 Å². The number of nitriles is 1. The maximum absolute atomic E-state index is 9.36. The number of benzene rings is 1. The molecule has 2 aromatic rings. The monoisotopic (exact) mass is 281 g/mol. The van der Waals surface area contributed by atoms with E-state index in [0.29, 0.717) is 24.5 Å². The van der Waals surface area contributed by atoms with E-state index >= 15 is 0 Å². The third-order valence-electron chi connectivity index (χ3n) is 3.72. The van der Waals surface area contributed by atoms with Crippen LogP contribution in [0, 0.1) is 11.3 Å². The Balaban J connectivity index is 2.10. The predicted octanol–water partition coefficient (Wildman–Crippen LogP) is 2.41. The average Bonchev–Trinajstić information content (AvgIpc) is 3.01. The molecule has 5 nitrogen and oxygen atoms in total. The van der Waals surface area contributed by atoms with Gasteiger partial charge >= 0.3 is 0 Å². The lowest BCUT2D eigenvalue weighted by molar-refractivity contribution is 0.194. The highest BCUT2D eigenvalue weighted by molar-refractivity contribution is 5.67. The minimum absolute atomic E-state index is 0.181. The van der Waals surface area contributed by atoms with E-state index in [1.165, 1.54) is 0 Å². The molecule has 0 saturated carbocycles. The SMILES string of the molecule is N#Cc1c([C@H]2CCOC2)cc(-c2ccc(O)cc2)nc1N. The van der Waals surface area contributed by atoms with Gasteiger partial charge in [0.05, 0.1) is 17.9 Å². The summed E-state index contributed by atoms with van der Waals surface area (Å²) in [7, 11) is 0. The second kappa shape index (κ2) is 5.43. The maximum atomic E-state index is 9.36. The van der Waals surface area contributed by atoms with Crippen LogP contribution in [0.3, 0.4) is 0 Å². The van der Waals surface area contributed by atoms with E-state index in [1.807, 2.05) is 6.07 Å². The molecule has 1 fully saturated rings. The van der Waals surface area contributed by atoms with Crippen molar-refractivity contribution in [3.05, 3.63) is 41.5 Å². The maximum Gasteiger partial charge on any atom is 0.142 e. The number of aromatic nitrogens is 1. The van der Waals surface area contributed by atoms with Crippen LogP contribution in [0.15, 0.2) is 30.3 Å². The minimum Gasteiger partial charge on any atom is -0.508 e. The van der Waals surface area contributed by atoms with Crippen molar-refractivity contribution < 1.29 is 9.84 Å². The Bertz CT molecular complexity index is 699. The van der Waals surface area contributed by atoms with E-state index in [-0.39, 0.29) is 17.5 Å². The van der Waals surface area contributed by atoms with E-state index in [2.05, 4.69) is 11.1 Å². The molecule has 0 unspecified atom stereocenters. The molecule has 1 aromatic carbocycles. The summed E-state index contributed by atoms with van der Waals surface area (Å²) < 4.78 is 5.41. The molecule has 1 aromatic heterocycles. The third kappa shape index (κ3) is 2.54. The summed E-state index contributed by atoms with van der Waals surface area (Å²) in [4.78, 5) is 4.31. The van der Waals surface area contributed by atoms with Crippen LogP contribution in [0.4, 0.5) is 5.82 Å². The number of phenolic OH excluding ortho intramolecular Hbond substituents is 1. The summed E-state index contributed by atoms with van der Waals surface area (Å²) in [5.41, 5.74) is 8.83. The molecule has 0 spiro atoms. The first-order valence-electron chi connectivity index (χ1n) is 6.76. The van der Waals surface area contributed by atoms with Gasteiger partial charge in [0.2, 0.25) is 0 Å². The fraction of sp³-hybridized carbons (Fsp3) is 0.250. The molecule has 106 valence electrons. The van der Waals surface area contributed by atoms with Crippen molar-refractivity contribution in [2.45, 2.75) is 12.3 Å². The van der Waals surface area contributed by atoms with Crippen LogP contribution in [0.5, 0.6) is 5.75 Å². The molecule has 1 saturated heterocycles. The van der Waals surface area contributed by atoms with Crippen LogP contribution >= 0.6 is 0 Å². The van der Waals surface area contributed by atoms with Crippen molar-refractivity contribution in [3.63, 3.8) is 0 Å². The molecule has 3 N–H and O–H groups in total. The molecule has 0 aliphatic carbocycles. The molecule has 21 heavy (non-hydrogen) atoms. The zero-order chi connectivity index (χ0) is 14.8. The van der Waals surface area contributed by atoms with Crippen molar-refractivity contribution in [3.8, 4) is 23.1 Å². The minimum atomic E-state index is 0.181. The van der Waals surface area contributed by atoms with E-state index in [4.69, 9.17) is 10.5 Å². The van der Waals surface area contributed by atoms with Gasteiger partial charge in [-0.3, -0.25) is 0 Å². The Morgan fingerprint density at radius 1 is 1.33 bits per heavy atom. The van der Waals surface area contributed by atoms with Crippen LogP contribution < -0.4 is 5.73 Å². The fourth-order valence-electron chi connectivity index (χ4n) is 2.59. The second-order valence-corrected chi connectivity index (χ2v) is 5.08. The molecule has 1 aliphatic heterocycles. The first kappa shape index (κ1) is 13.4. The molecule has 0 radical (unpaired) electrons. The van der Waals surface area contributed by atoms with Crippen molar-refractivity contribution in [1.82, 2.24) is 4.98 Å². The quantitative estimate of drug-likeness (QED) is 0.881. The van der Waals surface area contributed by atoms with Crippen molar-refractivity contribution in [2.24, 2.45) is 0 Å². The summed E-state index contributed by atoms with van der Waals surface area (Å²) in [6.07, 6.45) is 0.882. The number of hydrogen-bond acceptors (Lipinski definition) is 5. The Labute approximate surface area is 122 Å². The van der Waals surface area contributed by atoms with E-state index in [9.17, 15) is 10.4 Å². The van der Waals surface area contributed by atoms with Gasteiger partial charge in [-0.05, 0) is 42.3 Å². The van der Waals surface area contributed by atoms with E-state index < -0.39 is 0 Å². The lowest BCUT2D eigenvalue weighted by Gasteiger charge is -2.14. The third-order valence-corrected chi connectivity index (χ3v) is 3.72. The van der Waals surface area contributed by atoms with E-state index in [0.717, 1.165) is 17.5 Å². The number of nitrogen functional groups attached to an aromatic ring is 1. The molecule has 2 heterocycles. The summed E-state index contributed by atoms with van der Waals surface area (Å²) in [6, 6.07) is 10.8. The highest BCUT2D eigenvalue weighted by atomic mass is 16.5. The number of anilines is 1. The number of rotatable bonds is 2. The number of aromatic hydroxyl groups is 1. The number of nitrogens with two attached hydrogens (primary N) is 1.